The molecule has 0 aliphatic rings. The number of benzene rings is 2. The van der Waals surface area contributed by atoms with E-state index in [4.69, 9.17) is 11.6 Å². The maximum absolute atomic E-state index is 12.6. The van der Waals surface area contributed by atoms with Gasteiger partial charge < -0.3 is 10.4 Å². The molecule has 0 radical (unpaired) electrons. The summed E-state index contributed by atoms with van der Waals surface area (Å²) in [6.45, 7) is 0. The van der Waals surface area contributed by atoms with Crippen LogP contribution in [0.4, 0.5) is 18.9 Å². The van der Waals surface area contributed by atoms with Gasteiger partial charge in [0.05, 0.1) is 21.8 Å². The molecule has 0 aliphatic heterocycles. The van der Waals surface area contributed by atoms with Gasteiger partial charge in [-0.15, -0.1) is 0 Å². The number of hydrogen-bond donors (Lipinski definition) is 2. The maximum Gasteiger partial charge on any atom is 0.416 e. The summed E-state index contributed by atoms with van der Waals surface area (Å²) in [4.78, 5) is 11.9. The molecular formula is C14H9ClF3NO2. The number of halogens is 4. The van der Waals surface area contributed by atoms with Gasteiger partial charge in [-0.05, 0) is 30.3 Å². The highest BCUT2D eigenvalue weighted by molar-refractivity contribution is 6.34. The SMILES string of the molecule is O=C(Nc1cc(C(F)(F)F)ccc1Cl)c1ccccc1O. The van der Waals surface area contributed by atoms with E-state index in [-0.39, 0.29) is 22.0 Å². The molecule has 3 nitrogen and oxygen atoms in total. The van der Waals surface area contributed by atoms with Gasteiger partial charge in [-0.1, -0.05) is 23.7 Å². The van der Waals surface area contributed by atoms with Gasteiger partial charge in [0.25, 0.3) is 5.91 Å². The molecule has 110 valence electrons. The molecule has 0 bridgehead atoms. The smallest absolute Gasteiger partial charge is 0.416 e. The van der Waals surface area contributed by atoms with Gasteiger partial charge in [0.1, 0.15) is 5.75 Å². The van der Waals surface area contributed by atoms with E-state index in [0.29, 0.717) is 0 Å². The summed E-state index contributed by atoms with van der Waals surface area (Å²) in [7, 11) is 0. The number of phenols is 1. The fourth-order valence-electron chi connectivity index (χ4n) is 1.65. The number of carbonyl (C=O) groups is 1. The summed E-state index contributed by atoms with van der Waals surface area (Å²) < 4.78 is 37.9. The Morgan fingerprint density at radius 2 is 1.81 bits per heavy atom. The van der Waals surface area contributed by atoms with E-state index < -0.39 is 17.6 Å². The van der Waals surface area contributed by atoms with Gasteiger partial charge in [-0.3, -0.25) is 4.79 Å². The van der Waals surface area contributed by atoms with Crippen molar-refractivity contribution in [1.82, 2.24) is 0 Å². The van der Waals surface area contributed by atoms with Crippen LogP contribution in [-0.2, 0) is 6.18 Å². The van der Waals surface area contributed by atoms with Crippen LogP contribution in [-0.4, -0.2) is 11.0 Å². The molecule has 0 saturated heterocycles. The molecule has 2 aromatic rings. The van der Waals surface area contributed by atoms with Crippen molar-refractivity contribution in [3.63, 3.8) is 0 Å². The number of amides is 1. The second kappa shape index (κ2) is 5.65. The zero-order valence-corrected chi connectivity index (χ0v) is 11.2. The number of phenolic OH excluding ortho intramolecular Hbond substituents is 1. The number of nitrogens with one attached hydrogen (secondary N) is 1. The zero-order chi connectivity index (χ0) is 15.6. The van der Waals surface area contributed by atoms with Crippen LogP contribution in [0.2, 0.25) is 5.02 Å². The summed E-state index contributed by atoms with van der Waals surface area (Å²) >= 11 is 5.77. The molecule has 0 aliphatic carbocycles. The van der Waals surface area contributed by atoms with Crippen LogP contribution in [0, 0.1) is 0 Å². The number of aromatic hydroxyl groups is 1. The Balaban J connectivity index is 2.31. The fraction of sp³-hybridized carbons (Fsp3) is 0.0714. The highest BCUT2D eigenvalue weighted by Crippen LogP contribution is 2.34. The van der Waals surface area contributed by atoms with E-state index in [1.807, 2.05) is 0 Å². The monoisotopic (exact) mass is 315 g/mol. The first-order valence-corrected chi connectivity index (χ1v) is 6.13. The lowest BCUT2D eigenvalue weighted by Gasteiger charge is -2.12. The van der Waals surface area contributed by atoms with E-state index in [1.54, 1.807) is 0 Å². The lowest BCUT2D eigenvalue weighted by molar-refractivity contribution is -0.137. The maximum atomic E-state index is 12.6. The van der Waals surface area contributed by atoms with E-state index in [9.17, 15) is 23.1 Å². The molecule has 0 saturated carbocycles. The Hall–Kier alpha value is -2.21. The molecule has 7 heteroatoms. The Labute approximate surface area is 123 Å². The van der Waals surface area contributed by atoms with Crippen molar-refractivity contribution < 1.29 is 23.1 Å². The number of anilines is 1. The van der Waals surface area contributed by atoms with Crippen molar-refractivity contribution in [3.8, 4) is 5.75 Å². The third kappa shape index (κ3) is 3.46. The molecule has 0 atom stereocenters. The predicted octanol–water partition coefficient (Wildman–Crippen LogP) is 4.32. The van der Waals surface area contributed by atoms with Gasteiger partial charge >= 0.3 is 6.18 Å². The molecule has 0 aromatic heterocycles. The van der Waals surface area contributed by atoms with Crippen molar-refractivity contribution in [2.75, 3.05) is 5.32 Å². The van der Waals surface area contributed by atoms with Crippen LogP contribution < -0.4 is 5.32 Å². The minimum atomic E-state index is -4.54. The standard InChI is InChI=1S/C14H9ClF3NO2/c15-10-6-5-8(14(16,17)18)7-11(10)19-13(21)9-3-1-2-4-12(9)20/h1-7,20H,(H,19,21). The Kier molecular flexibility index (Phi) is 4.09. The Morgan fingerprint density at radius 1 is 1.14 bits per heavy atom. The molecule has 2 N–H and O–H groups in total. The molecular weight excluding hydrogens is 307 g/mol. The van der Waals surface area contributed by atoms with Gasteiger partial charge in [-0.25, -0.2) is 0 Å². The van der Waals surface area contributed by atoms with Crippen molar-refractivity contribution in [2.24, 2.45) is 0 Å². The first-order valence-electron chi connectivity index (χ1n) is 5.75. The number of alkyl halides is 3. The first-order chi connectivity index (χ1) is 9.79. The number of para-hydroxylation sites is 1. The molecule has 0 unspecified atom stereocenters. The van der Waals surface area contributed by atoms with Gasteiger partial charge in [0.2, 0.25) is 0 Å². The van der Waals surface area contributed by atoms with Crippen LogP contribution in [0.1, 0.15) is 15.9 Å². The highest BCUT2D eigenvalue weighted by Gasteiger charge is 2.31. The summed E-state index contributed by atoms with van der Waals surface area (Å²) in [6.07, 6.45) is -4.54. The van der Waals surface area contributed by atoms with Crippen LogP contribution >= 0.6 is 11.6 Å². The molecule has 2 rings (SSSR count). The van der Waals surface area contributed by atoms with Crippen LogP contribution in [0.15, 0.2) is 42.5 Å². The molecule has 0 spiro atoms. The van der Waals surface area contributed by atoms with Crippen LogP contribution in [0.3, 0.4) is 0 Å². The highest BCUT2D eigenvalue weighted by atomic mass is 35.5. The molecule has 2 aromatic carbocycles. The van der Waals surface area contributed by atoms with E-state index >= 15 is 0 Å². The van der Waals surface area contributed by atoms with E-state index in [1.165, 1.54) is 24.3 Å². The minimum Gasteiger partial charge on any atom is -0.507 e. The van der Waals surface area contributed by atoms with Crippen molar-refractivity contribution in [2.45, 2.75) is 6.18 Å². The molecule has 1 amide bonds. The number of hydrogen-bond acceptors (Lipinski definition) is 2. The zero-order valence-electron chi connectivity index (χ0n) is 10.4. The largest absolute Gasteiger partial charge is 0.507 e. The van der Waals surface area contributed by atoms with E-state index in [0.717, 1.165) is 18.2 Å². The average Bonchev–Trinajstić information content (AvgIpc) is 2.40. The quantitative estimate of drug-likeness (QED) is 0.867. The molecule has 0 fully saturated rings. The molecule has 21 heavy (non-hydrogen) atoms. The molecule has 0 heterocycles. The summed E-state index contributed by atoms with van der Waals surface area (Å²) in [5.74, 6) is -1.03. The third-order valence-corrected chi connectivity index (χ3v) is 3.02. The van der Waals surface area contributed by atoms with Gasteiger partial charge in [0.15, 0.2) is 0 Å². The van der Waals surface area contributed by atoms with E-state index in [2.05, 4.69) is 5.32 Å². The number of carbonyl (C=O) groups excluding carboxylic acids is 1. The third-order valence-electron chi connectivity index (χ3n) is 2.69. The number of rotatable bonds is 2. The van der Waals surface area contributed by atoms with Gasteiger partial charge in [-0.2, -0.15) is 13.2 Å². The van der Waals surface area contributed by atoms with Crippen molar-refractivity contribution in [1.29, 1.82) is 0 Å². The first kappa shape index (κ1) is 15.2. The van der Waals surface area contributed by atoms with Crippen molar-refractivity contribution in [3.05, 3.63) is 58.6 Å². The second-order valence-corrected chi connectivity index (χ2v) is 4.57. The Bertz CT molecular complexity index is 686. The fourth-order valence-corrected chi connectivity index (χ4v) is 1.82. The lowest BCUT2D eigenvalue weighted by atomic mass is 10.1. The summed E-state index contributed by atoms with van der Waals surface area (Å²) in [6, 6.07) is 8.27. The van der Waals surface area contributed by atoms with Crippen LogP contribution in [0.5, 0.6) is 5.75 Å². The normalized spacial score (nSPS) is 11.2. The second-order valence-electron chi connectivity index (χ2n) is 4.16. The Morgan fingerprint density at radius 3 is 2.43 bits per heavy atom. The topological polar surface area (TPSA) is 49.3 Å². The van der Waals surface area contributed by atoms with Gasteiger partial charge in [0, 0.05) is 0 Å². The summed E-state index contributed by atoms with van der Waals surface area (Å²) in [5.41, 5.74) is -1.18. The minimum absolute atomic E-state index is 0.0354. The lowest BCUT2D eigenvalue weighted by Crippen LogP contribution is -2.13. The summed E-state index contributed by atoms with van der Waals surface area (Å²) in [5, 5.41) is 11.8. The van der Waals surface area contributed by atoms with Crippen molar-refractivity contribution >= 4 is 23.2 Å². The van der Waals surface area contributed by atoms with Crippen LogP contribution in [0.25, 0.3) is 0 Å². The predicted molar refractivity (Wildman–Crippen MR) is 72.5 cm³/mol. The average molecular weight is 316 g/mol.